The molecule has 0 radical (unpaired) electrons. The van der Waals surface area contributed by atoms with Crippen LogP contribution in [0.3, 0.4) is 0 Å². The number of amides is 4. The standard InChI is InChI=1S/C26H33FN10O4.C2H6/c1-3-4-5-22(24(34-29)35-30)32-16-41-21-12-10-20(11-13-21)33-25(31-2)37(14-18-6-8-19(27)9-7-18)26(40)36(17-38)15-23(28)39;1-2/h3-6,8,10-13,16-17H,7,9,14-15,29-30H2,1-2H3,(H2,28,39)(H,31,33)(H,34,35);1-2H3/b4-3-,22-5-,32-16?;. The molecule has 14 nitrogen and oxygen atoms in total. The van der Waals surface area contributed by atoms with Crippen LogP contribution in [0.2, 0.25) is 0 Å². The first-order valence-electron chi connectivity index (χ1n) is 13.2. The molecule has 1 aromatic rings. The molecule has 232 valence electrons. The number of benzene rings is 1. The minimum atomic E-state index is -0.871. The van der Waals surface area contributed by atoms with Gasteiger partial charge in [0.2, 0.25) is 18.3 Å². The maximum absolute atomic E-state index is 13.5. The number of nitrogens with zero attached hydrogens (tertiary/aromatic N) is 5. The minimum absolute atomic E-state index is 0.0160. The molecule has 0 spiro atoms. The minimum Gasteiger partial charge on any atom is -0.446 e. The number of hydrazine groups is 1. The number of urea groups is 1. The SMILES string of the molecule is CC.C\C=C/C=C(N=COc1ccc(NC(=NC)N(CC2=CC=C(F)CC2)C(=O)N(C=O)CC(N)=O)cc1)/C(=N/N)NN. The Labute approximate surface area is 250 Å². The van der Waals surface area contributed by atoms with E-state index < -0.39 is 18.5 Å². The van der Waals surface area contributed by atoms with E-state index in [-0.39, 0.29) is 37.0 Å². The summed E-state index contributed by atoms with van der Waals surface area (Å²) in [6.45, 7) is 5.19. The van der Waals surface area contributed by atoms with E-state index in [0.29, 0.717) is 34.0 Å². The third kappa shape index (κ3) is 12.0. The topological polar surface area (TPSA) is 206 Å². The van der Waals surface area contributed by atoms with Crippen molar-refractivity contribution in [3.8, 4) is 5.75 Å². The molecular weight excluding hydrogens is 559 g/mol. The number of imide groups is 1. The average Bonchev–Trinajstić information content (AvgIpc) is 3.02. The van der Waals surface area contributed by atoms with Crippen molar-refractivity contribution in [2.45, 2.75) is 33.6 Å². The Bertz CT molecular complexity index is 1300. The fourth-order valence-electron chi connectivity index (χ4n) is 3.38. The predicted octanol–water partition coefficient (Wildman–Crippen LogP) is 2.65. The maximum atomic E-state index is 13.5. The van der Waals surface area contributed by atoms with Gasteiger partial charge >= 0.3 is 6.03 Å². The zero-order chi connectivity index (χ0) is 32.2. The summed E-state index contributed by atoms with van der Waals surface area (Å²) in [4.78, 5) is 46.3. The van der Waals surface area contributed by atoms with Crippen molar-refractivity contribution in [3.63, 3.8) is 0 Å². The second-order valence-corrected chi connectivity index (χ2v) is 8.26. The number of allylic oxidation sites excluding steroid dienone is 6. The molecule has 1 aliphatic rings. The van der Waals surface area contributed by atoms with Crippen LogP contribution in [0.25, 0.3) is 0 Å². The van der Waals surface area contributed by atoms with E-state index >= 15 is 0 Å². The lowest BCUT2D eigenvalue weighted by Gasteiger charge is -2.29. The molecule has 0 saturated heterocycles. The van der Waals surface area contributed by atoms with Crippen LogP contribution < -0.4 is 32.9 Å². The number of halogens is 1. The first-order chi connectivity index (χ1) is 20.8. The zero-order valence-corrected chi connectivity index (χ0v) is 24.7. The summed E-state index contributed by atoms with van der Waals surface area (Å²) in [5, 5.41) is 6.54. The van der Waals surface area contributed by atoms with E-state index in [1.807, 2.05) is 20.8 Å². The molecule has 2 rings (SSSR count). The lowest BCUT2D eigenvalue weighted by molar-refractivity contribution is -0.124. The molecule has 0 aromatic heterocycles. The number of nitrogens with one attached hydrogen (secondary N) is 2. The number of primary amides is 1. The Kier molecular flexibility index (Phi) is 16.4. The van der Waals surface area contributed by atoms with Crippen molar-refractivity contribution < 1.29 is 23.5 Å². The Hall–Kier alpha value is -5.31. The molecule has 1 aliphatic carbocycles. The molecule has 15 heteroatoms. The molecule has 0 saturated carbocycles. The van der Waals surface area contributed by atoms with Gasteiger partial charge in [-0.3, -0.25) is 24.4 Å². The number of amidine groups is 1. The number of anilines is 1. The van der Waals surface area contributed by atoms with Crippen LogP contribution in [-0.4, -0.2) is 66.5 Å². The normalized spacial score (nSPS) is 13.9. The van der Waals surface area contributed by atoms with Gasteiger partial charge in [0.15, 0.2) is 12.2 Å². The van der Waals surface area contributed by atoms with Gasteiger partial charge in [0.05, 0.1) is 6.54 Å². The fourth-order valence-corrected chi connectivity index (χ4v) is 3.38. The summed E-state index contributed by atoms with van der Waals surface area (Å²) in [5.74, 6) is 10.2. The van der Waals surface area contributed by atoms with Crippen LogP contribution >= 0.6 is 0 Å². The van der Waals surface area contributed by atoms with E-state index in [2.05, 4.69) is 25.8 Å². The van der Waals surface area contributed by atoms with Gasteiger partial charge in [-0.1, -0.05) is 32.1 Å². The third-order valence-corrected chi connectivity index (χ3v) is 5.39. The van der Waals surface area contributed by atoms with Gasteiger partial charge in [-0.2, -0.15) is 5.10 Å². The lowest BCUT2D eigenvalue weighted by atomic mass is 10.0. The summed E-state index contributed by atoms with van der Waals surface area (Å²) in [5.41, 5.74) is 9.09. The number of hydrogen-bond donors (Lipinski definition) is 5. The Balaban J connectivity index is 0.00000452. The van der Waals surface area contributed by atoms with Crippen molar-refractivity contribution in [1.29, 1.82) is 0 Å². The van der Waals surface area contributed by atoms with E-state index in [0.717, 1.165) is 4.90 Å². The smallest absolute Gasteiger partial charge is 0.334 e. The summed E-state index contributed by atoms with van der Waals surface area (Å²) >= 11 is 0. The highest BCUT2D eigenvalue weighted by Gasteiger charge is 2.27. The number of hydrazone groups is 1. The number of carbonyl (C=O) groups is 3. The summed E-state index contributed by atoms with van der Waals surface area (Å²) in [6, 6.07) is 5.73. The number of guanidine groups is 1. The molecule has 4 amide bonds. The van der Waals surface area contributed by atoms with E-state index in [1.165, 1.54) is 19.5 Å². The largest absolute Gasteiger partial charge is 0.446 e. The number of nitrogens with two attached hydrogens (primary N) is 3. The van der Waals surface area contributed by atoms with Gasteiger partial charge in [0, 0.05) is 19.2 Å². The van der Waals surface area contributed by atoms with E-state index in [1.54, 1.807) is 48.6 Å². The van der Waals surface area contributed by atoms with Gasteiger partial charge in [-0.05, 0) is 55.3 Å². The molecule has 8 N–H and O–H groups in total. The predicted molar refractivity (Wildman–Crippen MR) is 166 cm³/mol. The van der Waals surface area contributed by atoms with Crippen LogP contribution in [0.4, 0.5) is 14.9 Å². The molecule has 43 heavy (non-hydrogen) atoms. The second kappa shape index (κ2) is 19.7. The lowest BCUT2D eigenvalue weighted by Crippen LogP contribution is -2.51. The molecule has 0 bridgehead atoms. The van der Waals surface area contributed by atoms with Crippen LogP contribution in [0.5, 0.6) is 5.75 Å². The molecule has 0 aliphatic heterocycles. The highest BCUT2D eigenvalue weighted by Crippen LogP contribution is 2.21. The average molecular weight is 599 g/mol. The van der Waals surface area contributed by atoms with E-state index in [9.17, 15) is 18.8 Å². The van der Waals surface area contributed by atoms with Crippen molar-refractivity contribution >= 4 is 42.2 Å². The fraction of sp³-hybridized carbons (Fsp3) is 0.286. The Morgan fingerprint density at radius 2 is 1.86 bits per heavy atom. The van der Waals surface area contributed by atoms with Crippen molar-refractivity contribution in [2.24, 2.45) is 32.5 Å². The zero-order valence-electron chi connectivity index (χ0n) is 24.7. The number of hydrogen-bond acceptors (Lipinski definition) is 9. The van der Waals surface area contributed by atoms with Gasteiger partial charge in [0.25, 0.3) is 0 Å². The van der Waals surface area contributed by atoms with Gasteiger partial charge in [-0.25, -0.2) is 20.0 Å². The molecule has 1 aromatic carbocycles. The Morgan fingerprint density at radius 3 is 2.37 bits per heavy atom. The first kappa shape index (κ1) is 35.7. The number of aliphatic imine (C=N–C) groups is 2. The summed E-state index contributed by atoms with van der Waals surface area (Å²) in [6.07, 6.45) is 9.94. The molecular formula is C28H39FN10O4. The van der Waals surface area contributed by atoms with Crippen LogP contribution in [-0.2, 0) is 9.59 Å². The van der Waals surface area contributed by atoms with Crippen molar-refractivity contribution in [3.05, 3.63) is 71.7 Å². The van der Waals surface area contributed by atoms with Crippen LogP contribution in [0.1, 0.15) is 33.6 Å². The second-order valence-electron chi connectivity index (χ2n) is 8.26. The maximum Gasteiger partial charge on any atom is 0.334 e. The molecule has 0 heterocycles. The first-order valence-corrected chi connectivity index (χ1v) is 13.2. The van der Waals surface area contributed by atoms with Crippen molar-refractivity contribution in [2.75, 3.05) is 25.5 Å². The molecule has 0 unspecified atom stereocenters. The number of ether oxygens (including phenoxy) is 1. The van der Waals surface area contributed by atoms with Gasteiger partial charge in [-0.15, -0.1) is 0 Å². The van der Waals surface area contributed by atoms with Gasteiger partial charge in [0.1, 0.15) is 23.8 Å². The Morgan fingerprint density at radius 1 is 1.16 bits per heavy atom. The monoisotopic (exact) mass is 598 g/mol. The number of rotatable bonds is 11. The highest BCUT2D eigenvalue weighted by atomic mass is 19.1. The quantitative estimate of drug-likeness (QED) is 0.0637. The molecule has 0 atom stereocenters. The van der Waals surface area contributed by atoms with E-state index in [4.69, 9.17) is 22.2 Å². The summed E-state index contributed by atoms with van der Waals surface area (Å²) in [7, 11) is 1.44. The highest BCUT2D eigenvalue weighted by molar-refractivity contribution is 6.06. The van der Waals surface area contributed by atoms with Crippen molar-refractivity contribution in [1.82, 2.24) is 15.2 Å². The third-order valence-electron chi connectivity index (χ3n) is 5.39. The van der Waals surface area contributed by atoms with Crippen LogP contribution in [0.15, 0.2) is 86.8 Å². The summed E-state index contributed by atoms with van der Waals surface area (Å²) < 4.78 is 19.1. The van der Waals surface area contributed by atoms with Crippen LogP contribution in [0, 0.1) is 0 Å². The van der Waals surface area contributed by atoms with Gasteiger partial charge < -0.3 is 27.1 Å². The molecule has 0 fully saturated rings. The number of carbonyl (C=O) groups excluding carboxylic acids is 3.